The highest BCUT2D eigenvalue weighted by Gasteiger charge is 2.29. The van der Waals surface area contributed by atoms with Crippen LogP contribution in [0.4, 0.5) is 5.82 Å². The second-order valence-corrected chi connectivity index (χ2v) is 8.70. The van der Waals surface area contributed by atoms with Crippen molar-refractivity contribution < 1.29 is 0 Å². The molecular weight excluding hydrogens is 396 g/mol. The van der Waals surface area contributed by atoms with Crippen LogP contribution in [0.25, 0.3) is 10.8 Å². The normalized spacial score (nSPS) is 20.8. The molecule has 1 aliphatic heterocycles. The predicted molar refractivity (Wildman–Crippen MR) is 130 cm³/mol. The minimum Gasteiger partial charge on any atom is -0.365 e. The molecule has 1 aromatic heterocycles. The van der Waals surface area contributed by atoms with Crippen LogP contribution in [0.1, 0.15) is 24.0 Å². The van der Waals surface area contributed by atoms with Gasteiger partial charge in [-0.25, -0.2) is 5.10 Å². The van der Waals surface area contributed by atoms with E-state index in [1.807, 2.05) is 24.3 Å². The van der Waals surface area contributed by atoms with Crippen molar-refractivity contribution in [1.82, 2.24) is 15.5 Å². The van der Waals surface area contributed by atoms with E-state index in [0.29, 0.717) is 17.5 Å². The number of aromatic amines is 1. The standard InChI is InChI=1S/C27H28N4O/c32-27-25-14-8-7-13-24(25)26(30-31-27)29-23-17-21(15-19-9-3-1-4-10-19)28-22(18-23)16-20-11-5-2-6-12-20/h1-14,21-23,28H,15-18H2,(H,29,30)(H,31,32). The van der Waals surface area contributed by atoms with Gasteiger partial charge in [-0.15, -0.1) is 0 Å². The van der Waals surface area contributed by atoms with Crippen LogP contribution in [0.2, 0.25) is 0 Å². The number of piperidine rings is 1. The number of H-pyrrole nitrogens is 1. The molecule has 5 nitrogen and oxygen atoms in total. The fraction of sp³-hybridized carbons (Fsp3) is 0.259. The van der Waals surface area contributed by atoms with Crippen molar-refractivity contribution in [2.45, 2.75) is 43.8 Å². The molecule has 4 aromatic rings. The molecule has 3 N–H and O–H groups in total. The van der Waals surface area contributed by atoms with Crippen LogP contribution < -0.4 is 16.2 Å². The van der Waals surface area contributed by atoms with Crippen LogP contribution in [0.15, 0.2) is 89.7 Å². The van der Waals surface area contributed by atoms with E-state index in [1.54, 1.807) is 0 Å². The molecule has 2 unspecified atom stereocenters. The van der Waals surface area contributed by atoms with Crippen LogP contribution >= 0.6 is 0 Å². The van der Waals surface area contributed by atoms with Crippen molar-refractivity contribution in [3.63, 3.8) is 0 Å². The van der Waals surface area contributed by atoms with Gasteiger partial charge in [0.15, 0.2) is 5.82 Å². The number of hydrogen-bond donors (Lipinski definition) is 3. The molecule has 0 radical (unpaired) electrons. The second kappa shape index (κ2) is 9.37. The van der Waals surface area contributed by atoms with Crippen molar-refractivity contribution in [2.75, 3.05) is 5.32 Å². The lowest BCUT2D eigenvalue weighted by Gasteiger charge is -2.37. The molecule has 1 aliphatic rings. The van der Waals surface area contributed by atoms with Gasteiger partial charge in [-0.3, -0.25) is 4.79 Å². The molecule has 0 aliphatic carbocycles. The highest BCUT2D eigenvalue weighted by atomic mass is 16.1. The fourth-order valence-electron chi connectivity index (χ4n) is 4.87. The van der Waals surface area contributed by atoms with Gasteiger partial charge in [0.1, 0.15) is 0 Å². The summed E-state index contributed by atoms with van der Waals surface area (Å²) in [6.07, 6.45) is 3.97. The summed E-state index contributed by atoms with van der Waals surface area (Å²) in [6, 6.07) is 30.0. The van der Waals surface area contributed by atoms with Gasteiger partial charge in [0, 0.05) is 23.5 Å². The summed E-state index contributed by atoms with van der Waals surface area (Å²) < 4.78 is 0. The number of anilines is 1. The summed E-state index contributed by atoms with van der Waals surface area (Å²) in [7, 11) is 0. The molecular formula is C27H28N4O. The molecule has 1 saturated heterocycles. The Kier molecular flexibility index (Phi) is 5.99. The van der Waals surface area contributed by atoms with Crippen molar-refractivity contribution in [3.05, 3.63) is 106 Å². The largest absolute Gasteiger partial charge is 0.365 e. The maximum atomic E-state index is 12.2. The molecule has 2 atom stereocenters. The minimum absolute atomic E-state index is 0.152. The van der Waals surface area contributed by atoms with E-state index >= 15 is 0 Å². The number of rotatable bonds is 6. The Morgan fingerprint density at radius 1 is 0.750 bits per heavy atom. The van der Waals surface area contributed by atoms with Crippen molar-refractivity contribution >= 4 is 16.6 Å². The monoisotopic (exact) mass is 424 g/mol. The first-order valence-electron chi connectivity index (χ1n) is 11.3. The summed E-state index contributed by atoms with van der Waals surface area (Å²) >= 11 is 0. The zero-order valence-corrected chi connectivity index (χ0v) is 18.0. The lowest BCUT2D eigenvalue weighted by atomic mass is 9.87. The average molecular weight is 425 g/mol. The SMILES string of the molecule is O=c1[nH]nc(NC2CC(Cc3ccccc3)NC(Cc3ccccc3)C2)c2ccccc12. The lowest BCUT2D eigenvalue weighted by Crippen LogP contribution is -2.51. The van der Waals surface area contributed by atoms with Gasteiger partial charge in [0.25, 0.3) is 5.56 Å². The van der Waals surface area contributed by atoms with E-state index in [2.05, 4.69) is 81.5 Å². The molecule has 0 bridgehead atoms. The van der Waals surface area contributed by atoms with E-state index in [1.165, 1.54) is 11.1 Å². The molecule has 3 aromatic carbocycles. The Bertz CT molecular complexity index is 1170. The molecule has 32 heavy (non-hydrogen) atoms. The lowest BCUT2D eigenvalue weighted by molar-refractivity contribution is 0.297. The fourth-order valence-corrected chi connectivity index (χ4v) is 4.87. The zero-order valence-electron chi connectivity index (χ0n) is 18.0. The van der Waals surface area contributed by atoms with Crippen molar-refractivity contribution in [2.24, 2.45) is 0 Å². The molecule has 5 rings (SSSR count). The Labute approximate surface area is 187 Å². The third-order valence-corrected chi connectivity index (χ3v) is 6.30. The van der Waals surface area contributed by atoms with Crippen molar-refractivity contribution in [1.29, 1.82) is 0 Å². The molecule has 5 heteroatoms. The smallest absolute Gasteiger partial charge is 0.272 e. The van der Waals surface area contributed by atoms with Crippen LogP contribution in [0.5, 0.6) is 0 Å². The summed E-state index contributed by atoms with van der Waals surface area (Å²) in [5.41, 5.74) is 2.54. The van der Waals surface area contributed by atoms with Gasteiger partial charge < -0.3 is 10.6 Å². The summed E-state index contributed by atoms with van der Waals surface area (Å²) in [6.45, 7) is 0. The first-order chi connectivity index (χ1) is 15.7. The van der Waals surface area contributed by atoms with Gasteiger partial charge in [-0.05, 0) is 42.9 Å². The quantitative estimate of drug-likeness (QED) is 0.431. The molecule has 0 spiro atoms. The number of nitrogens with one attached hydrogen (secondary N) is 3. The Morgan fingerprint density at radius 3 is 1.88 bits per heavy atom. The Morgan fingerprint density at radius 2 is 1.28 bits per heavy atom. The number of nitrogens with zero attached hydrogens (tertiary/aromatic N) is 1. The van der Waals surface area contributed by atoms with Gasteiger partial charge in [0.2, 0.25) is 0 Å². The van der Waals surface area contributed by atoms with Gasteiger partial charge in [-0.2, -0.15) is 5.10 Å². The maximum Gasteiger partial charge on any atom is 0.272 e. The first-order valence-corrected chi connectivity index (χ1v) is 11.3. The van der Waals surface area contributed by atoms with E-state index in [4.69, 9.17) is 0 Å². The number of hydrogen-bond acceptors (Lipinski definition) is 4. The van der Waals surface area contributed by atoms with Gasteiger partial charge in [-0.1, -0.05) is 78.9 Å². The van der Waals surface area contributed by atoms with E-state index < -0.39 is 0 Å². The second-order valence-electron chi connectivity index (χ2n) is 8.70. The van der Waals surface area contributed by atoms with Gasteiger partial charge >= 0.3 is 0 Å². The summed E-state index contributed by atoms with van der Waals surface area (Å²) in [5, 5.41) is 16.1. The van der Waals surface area contributed by atoms with E-state index in [-0.39, 0.29) is 11.6 Å². The van der Waals surface area contributed by atoms with Crippen LogP contribution in [0.3, 0.4) is 0 Å². The number of benzene rings is 3. The number of fused-ring (bicyclic) bond motifs is 1. The van der Waals surface area contributed by atoms with Crippen LogP contribution in [-0.4, -0.2) is 28.3 Å². The third-order valence-electron chi connectivity index (χ3n) is 6.30. The summed E-state index contributed by atoms with van der Waals surface area (Å²) in [4.78, 5) is 12.2. The first kappa shape index (κ1) is 20.5. The molecule has 0 amide bonds. The summed E-state index contributed by atoms with van der Waals surface area (Å²) in [5.74, 6) is 0.754. The van der Waals surface area contributed by atoms with E-state index in [9.17, 15) is 4.79 Å². The van der Waals surface area contributed by atoms with Gasteiger partial charge in [0.05, 0.1) is 5.39 Å². The third kappa shape index (κ3) is 4.73. The van der Waals surface area contributed by atoms with Crippen LogP contribution in [-0.2, 0) is 12.8 Å². The molecule has 0 saturated carbocycles. The van der Waals surface area contributed by atoms with Crippen molar-refractivity contribution in [3.8, 4) is 0 Å². The van der Waals surface area contributed by atoms with E-state index in [0.717, 1.165) is 36.9 Å². The predicted octanol–water partition coefficient (Wildman–Crippen LogP) is 4.31. The topological polar surface area (TPSA) is 69.8 Å². The average Bonchev–Trinajstić information content (AvgIpc) is 2.82. The molecule has 1 fully saturated rings. The molecule has 162 valence electrons. The highest BCUT2D eigenvalue weighted by Crippen LogP contribution is 2.25. The zero-order chi connectivity index (χ0) is 21.8. The Hall–Kier alpha value is -3.44. The number of aromatic nitrogens is 2. The molecule has 2 heterocycles. The highest BCUT2D eigenvalue weighted by molar-refractivity contribution is 5.90. The Balaban J connectivity index is 1.39. The maximum absolute atomic E-state index is 12.2. The van der Waals surface area contributed by atoms with Crippen LogP contribution in [0, 0.1) is 0 Å². The minimum atomic E-state index is -0.152.